The topological polar surface area (TPSA) is 104 Å². The molecule has 2 aliphatic rings. The molecule has 0 bridgehead atoms. The van der Waals surface area contributed by atoms with Gasteiger partial charge in [-0.1, -0.05) is 12.1 Å². The Hall–Kier alpha value is -2.98. The van der Waals surface area contributed by atoms with E-state index in [-0.39, 0.29) is 37.2 Å². The summed E-state index contributed by atoms with van der Waals surface area (Å²) in [6.07, 6.45) is -13.2. The van der Waals surface area contributed by atoms with Gasteiger partial charge >= 0.3 is 12.4 Å². The smallest absolute Gasteiger partial charge is 0.369 e. The van der Waals surface area contributed by atoms with Crippen molar-refractivity contribution in [2.75, 3.05) is 24.1 Å². The number of sulfonamides is 1. The second-order valence-electron chi connectivity index (χ2n) is 10.1. The van der Waals surface area contributed by atoms with Gasteiger partial charge in [0.1, 0.15) is 5.82 Å². The summed E-state index contributed by atoms with van der Waals surface area (Å²) in [6.45, 7) is -0.781. The Labute approximate surface area is 229 Å². The molecule has 1 unspecified atom stereocenters. The van der Waals surface area contributed by atoms with E-state index in [1.54, 1.807) is 0 Å². The highest BCUT2D eigenvalue weighted by Crippen LogP contribution is 2.51. The molecule has 3 N–H and O–H groups in total. The van der Waals surface area contributed by atoms with Gasteiger partial charge in [0.05, 0.1) is 23.3 Å². The van der Waals surface area contributed by atoms with Gasteiger partial charge in [-0.2, -0.15) is 26.3 Å². The number of rotatable bonds is 6. The van der Waals surface area contributed by atoms with Gasteiger partial charge in [-0.15, -0.1) is 0 Å². The van der Waals surface area contributed by atoms with Crippen molar-refractivity contribution in [3.8, 4) is 0 Å². The van der Waals surface area contributed by atoms with E-state index in [0.29, 0.717) is 22.5 Å². The molecule has 0 aliphatic carbocycles. The Morgan fingerprint density at radius 1 is 1.00 bits per heavy atom. The van der Waals surface area contributed by atoms with Gasteiger partial charge in [-0.3, -0.25) is 13.5 Å². The molecule has 1 fully saturated rings. The number of hydrogen-bond donors (Lipinski definition) is 2. The van der Waals surface area contributed by atoms with Gasteiger partial charge in [0.15, 0.2) is 0 Å². The van der Waals surface area contributed by atoms with Crippen LogP contribution in [0.4, 0.5) is 40.8 Å². The minimum Gasteiger partial charge on any atom is -0.369 e. The summed E-state index contributed by atoms with van der Waals surface area (Å²) in [5, 5.41) is 9.84. The van der Waals surface area contributed by atoms with Crippen molar-refractivity contribution in [1.29, 1.82) is 0 Å². The lowest BCUT2D eigenvalue weighted by atomic mass is 9.87. The van der Waals surface area contributed by atoms with Crippen LogP contribution >= 0.6 is 0 Å². The Kier molecular flexibility index (Phi) is 8.08. The molecule has 1 amide bonds. The quantitative estimate of drug-likeness (QED) is 0.482. The first-order valence-corrected chi connectivity index (χ1v) is 13.7. The summed E-state index contributed by atoms with van der Waals surface area (Å²) in [6, 6.07) is 3.20. The molecule has 0 saturated carbocycles. The largest absolute Gasteiger partial charge is 0.430 e. The Morgan fingerprint density at radius 2 is 1.61 bits per heavy atom. The second-order valence-corrected chi connectivity index (χ2v) is 11.9. The van der Waals surface area contributed by atoms with Crippen LogP contribution in [0.25, 0.3) is 0 Å². The molecule has 0 radical (unpaired) electrons. The molecule has 4 rings (SSSR count). The van der Waals surface area contributed by atoms with Crippen LogP contribution in [0.1, 0.15) is 24.0 Å². The number of carbonyl (C=O) groups is 1. The number of fused-ring (bicyclic) bond motifs is 1. The second kappa shape index (κ2) is 10.7. The summed E-state index contributed by atoms with van der Waals surface area (Å²) in [4.78, 5) is 13.9. The van der Waals surface area contributed by atoms with Gasteiger partial charge in [-0.05, 0) is 48.7 Å². The molecule has 7 nitrogen and oxygen atoms in total. The van der Waals surface area contributed by atoms with Gasteiger partial charge in [0.25, 0.3) is 15.6 Å². The molecule has 0 aromatic heterocycles. The Morgan fingerprint density at radius 3 is 2.15 bits per heavy atom. The number of aryl methyl sites for hydroxylation is 1. The fraction of sp³-hybridized carbons (Fsp3) is 0.480. The zero-order chi connectivity index (χ0) is 30.5. The minimum absolute atomic E-state index is 0.0122. The number of benzene rings is 2. The van der Waals surface area contributed by atoms with Gasteiger partial charge in [0.2, 0.25) is 5.91 Å². The van der Waals surface area contributed by atoms with Crippen molar-refractivity contribution in [1.82, 2.24) is 4.90 Å². The molecule has 16 heteroatoms. The molecule has 2 aromatic rings. The number of alkyl halides is 7. The van der Waals surface area contributed by atoms with Crippen LogP contribution in [0.3, 0.4) is 0 Å². The number of aliphatic hydroxyl groups is 1. The number of carbonyl (C=O) groups excluding carboxylic acids is 1. The highest BCUT2D eigenvalue weighted by Gasteiger charge is 2.71. The maximum absolute atomic E-state index is 13.7. The lowest BCUT2D eigenvalue weighted by Crippen LogP contribution is -2.54. The number of nitrogens with zero attached hydrogens (tertiary/aromatic N) is 2. The predicted octanol–water partition coefficient (Wildman–Crippen LogP) is 3.79. The van der Waals surface area contributed by atoms with Crippen molar-refractivity contribution in [2.45, 2.75) is 54.2 Å². The molecule has 2 heterocycles. The lowest BCUT2D eigenvalue weighted by molar-refractivity contribution is -0.376. The Bertz CT molecular complexity index is 1390. The average molecular weight is 616 g/mol. The number of amides is 1. The van der Waals surface area contributed by atoms with Gasteiger partial charge < -0.3 is 15.7 Å². The van der Waals surface area contributed by atoms with Crippen molar-refractivity contribution < 1.29 is 53.4 Å². The number of hydrogen-bond acceptors (Lipinski definition) is 5. The van der Waals surface area contributed by atoms with E-state index >= 15 is 0 Å². The summed E-state index contributed by atoms with van der Waals surface area (Å²) >= 11 is 0. The lowest BCUT2D eigenvalue weighted by Gasteiger charge is -2.39. The molecule has 41 heavy (non-hydrogen) atoms. The van der Waals surface area contributed by atoms with E-state index in [4.69, 9.17) is 5.73 Å². The van der Waals surface area contributed by atoms with Crippen LogP contribution in [-0.2, 0) is 26.8 Å². The fourth-order valence-electron chi connectivity index (χ4n) is 5.17. The Balaban J connectivity index is 1.78. The first kappa shape index (κ1) is 31.0. The maximum Gasteiger partial charge on any atom is 0.430 e. The van der Waals surface area contributed by atoms with Crippen LogP contribution in [0.2, 0.25) is 0 Å². The van der Waals surface area contributed by atoms with Crippen LogP contribution in [0.5, 0.6) is 0 Å². The van der Waals surface area contributed by atoms with Gasteiger partial charge in [-0.25, -0.2) is 12.8 Å². The first-order chi connectivity index (χ1) is 18.9. The monoisotopic (exact) mass is 615 g/mol. The number of nitrogens with two attached hydrogens (primary N) is 1. The van der Waals surface area contributed by atoms with Crippen molar-refractivity contribution in [2.24, 2.45) is 11.7 Å². The van der Waals surface area contributed by atoms with Crippen LogP contribution in [0.15, 0.2) is 47.4 Å². The van der Waals surface area contributed by atoms with Crippen LogP contribution < -0.4 is 10.0 Å². The molecule has 1 saturated heterocycles. The summed E-state index contributed by atoms with van der Waals surface area (Å²) in [5.74, 6) is -1.97. The molecule has 2 aliphatic heterocycles. The molecular formula is C25H25F8N3O4S. The number of halogens is 8. The average Bonchev–Trinajstić information content (AvgIpc) is 3.27. The van der Waals surface area contributed by atoms with Crippen molar-refractivity contribution in [3.05, 3.63) is 59.4 Å². The van der Waals surface area contributed by atoms with Crippen molar-refractivity contribution in [3.63, 3.8) is 0 Å². The third kappa shape index (κ3) is 5.48. The fourth-order valence-corrected chi connectivity index (χ4v) is 6.89. The zero-order valence-electron chi connectivity index (χ0n) is 21.1. The predicted molar refractivity (Wildman–Crippen MR) is 129 cm³/mol. The SMILES string of the molecule is N[C@H]1CN(C(=O)CC2CCc3cc(C(O)(C(F)(F)F)C(F)(F)F)ccc3N2S(=O)(=O)c2ccc(F)cc2)C[C@H]1CF. The highest BCUT2D eigenvalue weighted by atomic mass is 32.2. The molecular weight excluding hydrogens is 590 g/mol. The maximum atomic E-state index is 13.7. The van der Waals surface area contributed by atoms with E-state index in [1.165, 1.54) is 4.90 Å². The molecule has 226 valence electrons. The standard InChI is InChI=1S/C25H25F8N3O4S/c26-11-15-12-35(13-20(15)34)22(37)10-18-5-1-14-9-16(23(38,24(28,29)30)25(31,32)33)2-8-21(14)36(18)41(39,40)19-6-3-17(27)4-7-19/h2-4,6-9,15,18,20,38H,1,5,10-13,34H2/t15-,18?,20+/m1/s1. The highest BCUT2D eigenvalue weighted by molar-refractivity contribution is 7.92. The van der Waals surface area contributed by atoms with Crippen molar-refractivity contribution >= 4 is 21.6 Å². The minimum atomic E-state index is -6.16. The third-order valence-electron chi connectivity index (χ3n) is 7.46. The van der Waals surface area contributed by atoms with Crippen LogP contribution in [0, 0.1) is 11.7 Å². The van der Waals surface area contributed by atoms with E-state index in [9.17, 15) is 53.4 Å². The molecule has 3 atom stereocenters. The number of anilines is 1. The van der Waals surface area contributed by atoms with E-state index < -0.39 is 81.3 Å². The molecule has 0 spiro atoms. The van der Waals surface area contributed by atoms with Crippen LogP contribution in [-0.4, -0.2) is 68.5 Å². The molecule has 2 aromatic carbocycles. The third-order valence-corrected chi connectivity index (χ3v) is 9.34. The zero-order valence-corrected chi connectivity index (χ0v) is 21.9. The van der Waals surface area contributed by atoms with E-state index in [1.807, 2.05) is 0 Å². The summed E-state index contributed by atoms with van der Waals surface area (Å²) < 4.78 is 136. The summed E-state index contributed by atoms with van der Waals surface area (Å²) in [5.41, 5.74) is -1.51. The summed E-state index contributed by atoms with van der Waals surface area (Å²) in [7, 11) is -4.64. The first-order valence-electron chi connectivity index (χ1n) is 12.3. The van der Waals surface area contributed by atoms with E-state index in [0.717, 1.165) is 24.3 Å². The number of likely N-dealkylation sites (tertiary alicyclic amines) is 1. The van der Waals surface area contributed by atoms with Gasteiger partial charge in [0, 0.05) is 37.0 Å². The van der Waals surface area contributed by atoms with E-state index in [2.05, 4.69) is 0 Å². The normalized spacial score (nSPS) is 22.1.